The molecule has 0 bridgehead atoms. The van der Waals surface area contributed by atoms with Gasteiger partial charge in [0.15, 0.2) is 0 Å². The number of methoxy groups -OCH3 is 1. The summed E-state index contributed by atoms with van der Waals surface area (Å²) in [5.74, 6) is 7.54. The van der Waals surface area contributed by atoms with E-state index in [9.17, 15) is 0 Å². The van der Waals surface area contributed by atoms with Crippen molar-refractivity contribution < 1.29 is 9.47 Å². The summed E-state index contributed by atoms with van der Waals surface area (Å²) in [6.07, 6.45) is 0. The number of hydrogen-bond acceptors (Lipinski definition) is 3. The van der Waals surface area contributed by atoms with E-state index < -0.39 is 0 Å². The van der Waals surface area contributed by atoms with E-state index in [-0.39, 0.29) is 6.04 Å². The van der Waals surface area contributed by atoms with Gasteiger partial charge >= 0.3 is 0 Å². The summed E-state index contributed by atoms with van der Waals surface area (Å²) >= 11 is 6.02. The highest BCUT2D eigenvalue weighted by Crippen LogP contribution is 2.23. The maximum absolute atomic E-state index is 6.02. The number of halogens is 1. The van der Waals surface area contributed by atoms with Crippen LogP contribution in [0.2, 0.25) is 5.02 Å². The van der Waals surface area contributed by atoms with Crippen molar-refractivity contribution in [3.63, 3.8) is 0 Å². The van der Waals surface area contributed by atoms with Crippen LogP contribution >= 0.6 is 11.6 Å². The van der Waals surface area contributed by atoms with Crippen molar-refractivity contribution in [1.29, 1.82) is 0 Å². The standard InChI is InChI=1S/C20H20ClNO2/c1-23-19-9-2-16(3-10-19)4-11-20(22-12-14-24-15-13-22)17-5-7-18(21)8-6-17/h2-3,5-10,20H,12-15H2,1H3. The van der Waals surface area contributed by atoms with Gasteiger partial charge in [0, 0.05) is 23.7 Å². The summed E-state index contributed by atoms with van der Waals surface area (Å²) in [7, 11) is 1.66. The van der Waals surface area contributed by atoms with Gasteiger partial charge in [-0.05, 0) is 42.0 Å². The summed E-state index contributed by atoms with van der Waals surface area (Å²) in [4.78, 5) is 2.35. The fraction of sp³-hybridized carbons (Fsp3) is 0.300. The second-order valence-corrected chi connectivity index (χ2v) is 6.04. The van der Waals surface area contributed by atoms with Crippen LogP contribution in [0.25, 0.3) is 0 Å². The summed E-state index contributed by atoms with van der Waals surface area (Å²) in [6.45, 7) is 3.25. The van der Waals surface area contributed by atoms with E-state index in [1.165, 1.54) is 0 Å². The molecule has 0 N–H and O–H groups in total. The highest BCUT2D eigenvalue weighted by molar-refractivity contribution is 6.30. The zero-order valence-electron chi connectivity index (χ0n) is 13.7. The number of nitrogens with zero attached hydrogens (tertiary/aromatic N) is 1. The number of rotatable bonds is 3. The van der Waals surface area contributed by atoms with Gasteiger partial charge in [-0.3, -0.25) is 4.90 Å². The van der Waals surface area contributed by atoms with Crippen molar-refractivity contribution in [3.8, 4) is 17.6 Å². The fourth-order valence-electron chi connectivity index (χ4n) is 2.69. The Bertz CT molecular complexity index is 710. The third kappa shape index (κ3) is 4.30. The van der Waals surface area contributed by atoms with E-state index in [1.807, 2.05) is 48.5 Å². The Morgan fingerprint density at radius 2 is 1.71 bits per heavy atom. The molecule has 0 amide bonds. The summed E-state index contributed by atoms with van der Waals surface area (Å²) in [5.41, 5.74) is 2.13. The highest BCUT2D eigenvalue weighted by Gasteiger charge is 2.20. The van der Waals surface area contributed by atoms with Crippen LogP contribution in [0, 0.1) is 11.8 Å². The SMILES string of the molecule is COc1ccc(C#CC(c2ccc(Cl)cc2)N2CCOCC2)cc1. The third-order valence-corrected chi connectivity index (χ3v) is 4.29. The molecule has 124 valence electrons. The number of hydrogen-bond donors (Lipinski definition) is 0. The molecule has 0 aliphatic carbocycles. The third-order valence-electron chi connectivity index (χ3n) is 4.04. The number of morpholine rings is 1. The largest absolute Gasteiger partial charge is 0.497 e. The fourth-order valence-corrected chi connectivity index (χ4v) is 2.82. The molecule has 3 nitrogen and oxygen atoms in total. The first-order valence-electron chi connectivity index (χ1n) is 7.99. The maximum atomic E-state index is 6.02. The molecule has 1 fully saturated rings. The van der Waals surface area contributed by atoms with Crippen molar-refractivity contribution in [2.45, 2.75) is 6.04 Å². The van der Waals surface area contributed by atoms with Gasteiger partial charge < -0.3 is 9.47 Å². The molecule has 0 radical (unpaired) electrons. The van der Waals surface area contributed by atoms with Crippen LogP contribution < -0.4 is 4.74 Å². The molecule has 0 spiro atoms. The summed E-state index contributed by atoms with van der Waals surface area (Å²) < 4.78 is 10.7. The van der Waals surface area contributed by atoms with Gasteiger partial charge in [-0.1, -0.05) is 35.6 Å². The molecule has 2 aromatic carbocycles. The summed E-state index contributed by atoms with van der Waals surface area (Å²) in [6, 6.07) is 15.8. The Morgan fingerprint density at radius 3 is 2.33 bits per heavy atom. The lowest BCUT2D eigenvalue weighted by Crippen LogP contribution is -2.38. The molecule has 0 saturated carbocycles. The molecule has 1 atom stereocenters. The Hall–Kier alpha value is -1.99. The molecule has 1 saturated heterocycles. The van der Waals surface area contributed by atoms with Crippen molar-refractivity contribution in [1.82, 2.24) is 4.90 Å². The highest BCUT2D eigenvalue weighted by atomic mass is 35.5. The minimum absolute atomic E-state index is 0.0354. The van der Waals surface area contributed by atoms with Gasteiger partial charge in [-0.15, -0.1) is 0 Å². The van der Waals surface area contributed by atoms with Crippen molar-refractivity contribution in [2.24, 2.45) is 0 Å². The monoisotopic (exact) mass is 341 g/mol. The first-order chi connectivity index (χ1) is 11.8. The predicted molar refractivity (Wildman–Crippen MR) is 96.5 cm³/mol. The van der Waals surface area contributed by atoms with Crippen LogP contribution in [-0.4, -0.2) is 38.3 Å². The van der Waals surface area contributed by atoms with E-state index in [4.69, 9.17) is 21.1 Å². The lowest BCUT2D eigenvalue weighted by Gasteiger charge is -2.31. The van der Waals surface area contributed by atoms with Crippen molar-refractivity contribution >= 4 is 11.6 Å². The molecule has 24 heavy (non-hydrogen) atoms. The zero-order valence-corrected chi connectivity index (χ0v) is 14.4. The van der Waals surface area contributed by atoms with Gasteiger partial charge in [-0.25, -0.2) is 0 Å². The Kier molecular flexibility index (Phi) is 5.77. The van der Waals surface area contributed by atoms with Gasteiger partial charge in [0.25, 0.3) is 0 Å². The van der Waals surface area contributed by atoms with E-state index in [1.54, 1.807) is 7.11 Å². The molecule has 1 heterocycles. The minimum Gasteiger partial charge on any atom is -0.497 e. The molecule has 2 aromatic rings. The molecule has 1 aliphatic heterocycles. The second kappa shape index (κ2) is 8.21. The normalized spacial score (nSPS) is 16.1. The Balaban J connectivity index is 1.86. The van der Waals surface area contributed by atoms with Crippen LogP contribution in [0.5, 0.6) is 5.75 Å². The van der Waals surface area contributed by atoms with Gasteiger partial charge in [0.1, 0.15) is 5.75 Å². The Labute approximate surface area is 148 Å². The van der Waals surface area contributed by atoms with E-state index in [2.05, 4.69) is 16.7 Å². The maximum Gasteiger partial charge on any atom is 0.118 e. The molecular formula is C20H20ClNO2. The Morgan fingerprint density at radius 1 is 1.04 bits per heavy atom. The van der Waals surface area contributed by atoms with E-state index in [0.29, 0.717) is 0 Å². The van der Waals surface area contributed by atoms with Gasteiger partial charge in [-0.2, -0.15) is 0 Å². The van der Waals surface area contributed by atoms with Crippen LogP contribution in [0.3, 0.4) is 0 Å². The smallest absolute Gasteiger partial charge is 0.118 e. The van der Waals surface area contributed by atoms with Crippen molar-refractivity contribution in [2.75, 3.05) is 33.4 Å². The first kappa shape index (κ1) is 16.9. The quantitative estimate of drug-likeness (QED) is 0.793. The van der Waals surface area contributed by atoms with Gasteiger partial charge in [0.2, 0.25) is 0 Å². The molecule has 0 aromatic heterocycles. The zero-order chi connectivity index (χ0) is 16.8. The predicted octanol–water partition coefficient (Wildman–Crippen LogP) is 3.77. The van der Waals surface area contributed by atoms with Crippen LogP contribution in [0.1, 0.15) is 17.2 Å². The topological polar surface area (TPSA) is 21.7 Å². The average molecular weight is 342 g/mol. The average Bonchev–Trinajstić information content (AvgIpc) is 2.65. The van der Waals surface area contributed by atoms with Crippen LogP contribution in [0.4, 0.5) is 0 Å². The molecule has 4 heteroatoms. The van der Waals surface area contributed by atoms with Crippen molar-refractivity contribution in [3.05, 3.63) is 64.7 Å². The number of benzene rings is 2. The van der Waals surface area contributed by atoms with Crippen LogP contribution in [0.15, 0.2) is 48.5 Å². The lowest BCUT2D eigenvalue weighted by molar-refractivity contribution is 0.0270. The second-order valence-electron chi connectivity index (χ2n) is 5.60. The molecule has 3 rings (SSSR count). The van der Waals surface area contributed by atoms with Crippen LogP contribution in [-0.2, 0) is 4.74 Å². The van der Waals surface area contributed by atoms with Gasteiger partial charge in [0.05, 0.1) is 26.4 Å². The molecule has 1 unspecified atom stereocenters. The minimum atomic E-state index is 0.0354. The molecule has 1 aliphatic rings. The first-order valence-corrected chi connectivity index (χ1v) is 8.37. The van der Waals surface area contributed by atoms with E-state index in [0.717, 1.165) is 48.2 Å². The van der Waals surface area contributed by atoms with E-state index >= 15 is 0 Å². The lowest BCUT2D eigenvalue weighted by atomic mass is 10.0. The summed E-state index contributed by atoms with van der Waals surface area (Å²) in [5, 5.41) is 0.739. The number of ether oxygens (including phenoxy) is 2. The molecular weight excluding hydrogens is 322 g/mol.